The first-order chi connectivity index (χ1) is 8.30. The SMILES string of the molecule is CCC(CCl)(CCl)NS(=O)(=O)c1cc(Br)sc1C. The summed E-state index contributed by atoms with van der Waals surface area (Å²) in [6.45, 7) is 3.61. The van der Waals surface area contributed by atoms with Crippen LogP contribution < -0.4 is 4.72 Å². The molecular weight excluding hydrogens is 381 g/mol. The molecule has 1 rings (SSSR count). The molecule has 0 amide bonds. The predicted molar refractivity (Wildman–Crippen MR) is 81.5 cm³/mol. The van der Waals surface area contributed by atoms with Crippen molar-refractivity contribution in [2.45, 2.75) is 30.7 Å². The third-order valence-corrected chi connectivity index (χ3v) is 7.08. The molecule has 0 unspecified atom stereocenters. The van der Waals surface area contributed by atoms with Gasteiger partial charge in [-0.25, -0.2) is 13.1 Å². The number of rotatable bonds is 6. The topological polar surface area (TPSA) is 46.2 Å². The quantitative estimate of drug-likeness (QED) is 0.747. The Kier molecular flexibility index (Phi) is 5.96. The van der Waals surface area contributed by atoms with E-state index in [9.17, 15) is 8.42 Å². The van der Waals surface area contributed by atoms with Crippen LogP contribution in [0.1, 0.15) is 18.2 Å². The summed E-state index contributed by atoms with van der Waals surface area (Å²) in [5.41, 5.74) is -0.803. The number of aryl methyl sites for hydroxylation is 1. The zero-order valence-electron chi connectivity index (χ0n) is 9.97. The van der Waals surface area contributed by atoms with Gasteiger partial charge in [-0.15, -0.1) is 34.5 Å². The molecule has 1 aromatic rings. The lowest BCUT2D eigenvalue weighted by molar-refractivity contribution is 0.449. The Morgan fingerprint density at radius 2 is 2.00 bits per heavy atom. The summed E-state index contributed by atoms with van der Waals surface area (Å²) in [4.78, 5) is 0.996. The molecule has 0 radical (unpaired) electrons. The molecule has 0 aromatic carbocycles. The average Bonchev–Trinajstić information content (AvgIpc) is 2.66. The minimum Gasteiger partial charge on any atom is -0.207 e. The summed E-state index contributed by atoms with van der Waals surface area (Å²) in [6.07, 6.45) is 0.531. The van der Waals surface area contributed by atoms with Gasteiger partial charge in [0.1, 0.15) is 0 Å². The maximum Gasteiger partial charge on any atom is 0.242 e. The summed E-state index contributed by atoms with van der Waals surface area (Å²) < 4.78 is 28.0. The van der Waals surface area contributed by atoms with Crippen molar-refractivity contribution in [1.82, 2.24) is 4.72 Å². The third kappa shape index (κ3) is 3.61. The molecule has 104 valence electrons. The summed E-state index contributed by atoms with van der Waals surface area (Å²) in [5, 5.41) is 0. The molecule has 0 aliphatic rings. The van der Waals surface area contributed by atoms with Crippen molar-refractivity contribution in [3.05, 3.63) is 14.7 Å². The van der Waals surface area contributed by atoms with Gasteiger partial charge in [0.15, 0.2) is 0 Å². The number of alkyl halides is 2. The minimum absolute atomic E-state index is 0.136. The van der Waals surface area contributed by atoms with Gasteiger partial charge in [0, 0.05) is 16.6 Å². The van der Waals surface area contributed by atoms with E-state index in [2.05, 4.69) is 20.7 Å². The number of nitrogens with one attached hydrogen (secondary N) is 1. The zero-order chi connectivity index (χ0) is 14.0. The van der Waals surface area contributed by atoms with E-state index in [0.717, 1.165) is 8.66 Å². The Bertz CT molecular complexity index is 504. The molecule has 0 spiro atoms. The highest BCUT2D eigenvalue weighted by atomic mass is 79.9. The van der Waals surface area contributed by atoms with E-state index in [0.29, 0.717) is 6.42 Å². The Balaban J connectivity index is 3.12. The maximum atomic E-state index is 12.3. The second-order valence-electron chi connectivity index (χ2n) is 3.98. The fourth-order valence-corrected chi connectivity index (χ4v) is 6.23. The van der Waals surface area contributed by atoms with E-state index in [1.807, 2.05) is 6.92 Å². The van der Waals surface area contributed by atoms with Crippen LogP contribution in [0.25, 0.3) is 0 Å². The summed E-state index contributed by atoms with van der Waals surface area (Å²) in [6, 6.07) is 1.59. The van der Waals surface area contributed by atoms with Gasteiger partial charge in [0.2, 0.25) is 10.0 Å². The molecule has 0 saturated carbocycles. The van der Waals surface area contributed by atoms with E-state index < -0.39 is 15.6 Å². The van der Waals surface area contributed by atoms with Gasteiger partial charge in [-0.05, 0) is 35.3 Å². The van der Waals surface area contributed by atoms with Gasteiger partial charge in [-0.1, -0.05) is 6.92 Å². The molecule has 0 aliphatic carbocycles. The monoisotopic (exact) mass is 393 g/mol. The zero-order valence-corrected chi connectivity index (χ0v) is 14.7. The van der Waals surface area contributed by atoms with E-state index in [4.69, 9.17) is 23.2 Å². The molecule has 1 heterocycles. The highest BCUT2D eigenvalue weighted by Gasteiger charge is 2.33. The minimum atomic E-state index is -3.60. The van der Waals surface area contributed by atoms with Gasteiger partial charge in [0.05, 0.1) is 14.2 Å². The van der Waals surface area contributed by atoms with Crippen molar-refractivity contribution in [3.8, 4) is 0 Å². The van der Waals surface area contributed by atoms with Gasteiger partial charge >= 0.3 is 0 Å². The van der Waals surface area contributed by atoms with Crippen molar-refractivity contribution >= 4 is 60.5 Å². The highest BCUT2D eigenvalue weighted by molar-refractivity contribution is 9.11. The Morgan fingerprint density at radius 3 is 2.33 bits per heavy atom. The molecule has 1 N–H and O–H groups in total. The molecule has 18 heavy (non-hydrogen) atoms. The van der Waals surface area contributed by atoms with Gasteiger partial charge in [-0.3, -0.25) is 0 Å². The van der Waals surface area contributed by atoms with E-state index in [1.54, 1.807) is 13.0 Å². The van der Waals surface area contributed by atoms with E-state index in [-0.39, 0.29) is 16.7 Å². The normalized spacial score (nSPS) is 12.9. The van der Waals surface area contributed by atoms with Crippen molar-refractivity contribution in [2.75, 3.05) is 11.8 Å². The van der Waals surface area contributed by atoms with Crippen LogP contribution in [0, 0.1) is 6.92 Å². The number of thiophene rings is 1. The largest absolute Gasteiger partial charge is 0.242 e. The first-order valence-corrected chi connectivity index (χ1v) is 9.38. The van der Waals surface area contributed by atoms with Gasteiger partial charge < -0.3 is 0 Å². The Labute approximate surface area is 130 Å². The number of sulfonamides is 1. The van der Waals surface area contributed by atoms with Crippen LogP contribution in [-0.4, -0.2) is 25.7 Å². The molecule has 0 bridgehead atoms. The molecule has 1 aromatic heterocycles. The van der Waals surface area contributed by atoms with Crippen LogP contribution in [0.4, 0.5) is 0 Å². The van der Waals surface area contributed by atoms with Crippen molar-refractivity contribution < 1.29 is 8.42 Å². The molecule has 0 saturated heterocycles. The van der Waals surface area contributed by atoms with Crippen LogP contribution in [-0.2, 0) is 10.0 Å². The second kappa shape index (κ2) is 6.41. The third-order valence-electron chi connectivity index (χ3n) is 2.67. The number of hydrogen-bond acceptors (Lipinski definition) is 3. The molecule has 0 aliphatic heterocycles. The first-order valence-electron chi connectivity index (χ1n) is 5.22. The van der Waals surface area contributed by atoms with Crippen LogP contribution in [0.5, 0.6) is 0 Å². The first kappa shape index (κ1) is 16.7. The van der Waals surface area contributed by atoms with Crippen molar-refractivity contribution in [1.29, 1.82) is 0 Å². The maximum absolute atomic E-state index is 12.3. The van der Waals surface area contributed by atoms with E-state index in [1.165, 1.54) is 11.3 Å². The molecule has 0 atom stereocenters. The van der Waals surface area contributed by atoms with Crippen molar-refractivity contribution in [3.63, 3.8) is 0 Å². The molecule has 8 heteroatoms. The lowest BCUT2D eigenvalue weighted by Crippen LogP contribution is -2.51. The van der Waals surface area contributed by atoms with Crippen LogP contribution in [0.2, 0.25) is 0 Å². The summed E-state index contributed by atoms with van der Waals surface area (Å²) >= 11 is 16.3. The average molecular weight is 395 g/mol. The molecular formula is C10H14BrCl2NO2S2. The van der Waals surface area contributed by atoms with Crippen molar-refractivity contribution in [2.24, 2.45) is 0 Å². The second-order valence-corrected chi connectivity index (χ2v) is 8.80. The lowest BCUT2D eigenvalue weighted by atomic mass is 10.0. The standard InChI is InChI=1S/C10H14BrCl2NO2S2/c1-3-10(5-12,6-13)14-18(15,16)8-4-9(11)17-7(8)2/h4,14H,3,5-6H2,1-2H3. The molecule has 0 fully saturated rings. The van der Waals surface area contributed by atoms with Crippen LogP contribution in [0.15, 0.2) is 14.7 Å². The van der Waals surface area contributed by atoms with Crippen LogP contribution in [0.3, 0.4) is 0 Å². The fourth-order valence-electron chi connectivity index (χ4n) is 1.39. The smallest absolute Gasteiger partial charge is 0.207 e. The van der Waals surface area contributed by atoms with E-state index >= 15 is 0 Å². The van der Waals surface area contributed by atoms with Gasteiger partial charge in [-0.2, -0.15) is 0 Å². The Hall–Kier alpha value is 0.670. The summed E-state index contributed by atoms with van der Waals surface area (Å²) in [5.74, 6) is 0.271. The lowest BCUT2D eigenvalue weighted by Gasteiger charge is -2.28. The number of hydrogen-bond donors (Lipinski definition) is 1. The van der Waals surface area contributed by atoms with Gasteiger partial charge in [0.25, 0.3) is 0 Å². The molecule has 3 nitrogen and oxygen atoms in total. The number of halogens is 3. The van der Waals surface area contributed by atoms with Crippen LogP contribution >= 0.6 is 50.5 Å². The predicted octanol–water partition coefficient (Wildman–Crippen LogP) is 3.72. The fraction of sp³-hybridized carbons (Fsp3) is 0.600. The summed E-state index contributed by atoms with van der Waals surface area (Å²) in [7, 11) is -3.60. The highest BCUT2D eigenvalue weighted by Crippen LogP contribution is 2.30. The Morgan fingerprint density at radius 1 is 1.44 bits per heavy atom.